The number of rotatable bonds is 2. The highest BCUT2D eigenvalue weighted by molar-refractivity contribution is 6.56. The van der Waals surface area contributed by atoms with E-state index in [0.29, 0.717) is 6.04 Å². The molecule has 0 aromatic carbocycles. The molecule has 1 rings (SSSR count). The summed E-state index contributed by atoms with van der Waals surface area (Å²) in [5, 5.41) is 13.3. The van der Waals surface area contributed by atoms with Crippen LogP contribution in [0.2, 0.25) is 0 Å². The Kier molecular flexibility index (Phi) is 1.91. The lowest BCUT2D eigenvalue weighted by Gasteiger charge is -2.03. The van der Waals surface area contributed by atoms with Crippen molar-refractivity contribution in [3.63, 3.8) is 0 Å². The van der Waals surface area contributed by atoms with Gasteiger partial charge in [0, 0.05) is 0 Å². The molecule has 0 unspecified atom stereocenters. The first kappa shape index (κ1) is 6.37. The summed E-state index contributed by atoms with van der Waals surface area (Å²) >= 11 is 5.16. The van der Waals surface area contributed by atoms with Crippen molar-refractivity contribution in [2.45, 2.75) is 18.9 Å². The third kappa shape index (κ3) is 1.58. The zero-order valence-electron chi connectivity index (χ0n) is 4.79. The van der Waals surface area contributed by atoms with Gasteiger partial charge in [-0.15, -0.1) is 0 Å². The van der Waals surface area contributed by atoms with Gasteiger partial charge in [0.15, 0.2) is 0 Å². The van der Waals surface area contributed by atoms with Crippen LogP contribution in [0.25, 0.3) is 0 Å². The molecule has 48 valence electrons. The first-order chi connectivity index (χ1) is 4.38. The topological polar surface area (TPSA) is 39.4 Å². The van der Waals surface area contributed by atoms with Crippen molar-refractivity contribution in [1.82, 2.24) is 5.01 Å². The maximum atomic E-state index is 8.37. The van der Waals surface area contributed by atoms with Crippen LogP contribution >= 0.6 is 11.6 Å². The number of nitriles is 1. The number of hydrogen-bond donors (Lipinski definition) is 0. The standard InChI is InChI=1S/C5H6ClN3/c6-3-8-9(4-7)5-1-2-5/h3,5H,1-2H2/b8-3+. The summed E-state index contributed by atoms with van der Waals surface area (Å²) < 4.78 is 0. The van der Waals surface area contributed by atoms with Gasteiger partial charge in [0.1, 0.15) is 5.67 Å². The van der Waals surface area contributed by atoms with E-state index in [1.54, 1.807) is 0 Å². The van der Waals surface area contributed by atoms with Gasteiger partial charge in [-0.25, -0.2) is 0 Å². The molecule has 1 aliphatic rings. The van der Waals surface area contributed by atoms with Gasteiger partial charge in [-0.2, -0.15) is 15.4 Å². The second-order valence-corrected chi connectivity index (χ2v) is 2.08. The summed E-state index contributed by atoms with van der Waals surface area (Å²) in [4.78, 5) is 0. The van der Waals surface area contributed by atoms with Crippen molar-refractivity contribution in [2.75, 3.05) is 0 Å². The van der Waals surface area contributed by atoms with Crippen LogP contribution in [0.4, 0.5) is 0 Å². The minimum atomic E-state index is 0.324. The molecule has 1 fully saturated rings. The second kappa shape index (κ2) is 2.70. The Morgan fingerprint density at radius 3 is 2.78 bits per heavy atom. The molecule has 9 heavy (non-hydrogen) atoms. The third-order valence-corrected chi connectivity index (χ3v) is 1.25. The second-order valence-electron chi connectivity index (χ2n) is 1.89. The van der Waals surface area contributed by atoms with E-state index in [4.69, 9.17) is 16.9 Å². The minimum absolute atomic E-state index is 0.324. The van der Waals surface area contributed by atoms with Gasteiger partial charge < -0.3 is 0 Å². The molecule has 0 saturated heterocycles. The maximum absolute atomic E-state index is 8.37. The minimum Gasteiger partial charge on any atom is -0.196 e. The number of halogens is 1. The Morgan fingerprint density at radius 2 is 2.44 bits per heavy atom. The van der Waals surface area contributed by atoms with E-state index < -0.39 is 0 Å². The highest BCUT2D eigenvalue weighted by Gasteiger charge is 2.28. The van der Waals surface area contributed by atoms with Crippen LogP contribution in [0.15, 0.2) is 5.10 Å². The summed E-state index contributed by atoms with van der Waals surface area (Å²) in [6.45, 7) is 0. The largest absolute Gasteiger partial charge is 0.202 e. The Bertz CT molecular complexity index is 156. The fraction of sp³-hybridized carbons (Fsp3) is 0.600. The molecule has 0 radical (unpaired) electrons. The molecule has 0 atom stereocenters. The predicted molar refractivity (Wildman–Crippen MR) is 34.8 cm³/mol. The number of hydrazone groups is 1. The molecule has 0 N–H and O–H groups in total. The Hall–Kier alpha value is -0.750. The van der Waals surface area contributed by atoms with Crippen molar-refractivity contribution in [1.29, 1.82) is 5.26 Å². The smallest absolute Gasteiger partial charge is 0.196 e. The highest BCUT2D eigenvalue weighted by atomic mass is 35.5. The van der Waals surface area contributed by atoms with Crippen LogP contribution in [-0.2, 0) is 0 Å². The molecule has 0 aliphatic heterocycles. The van der Waals surface area contributed by atoms with E-state index >= 15 is 0 Å². The van der Waals surface area contributed by atoms with Crippen LogP contribution in [0.3, 0.4) is 0 Å². The molecule has 0 spiro atoms. The van der Waals surface area contributed by atoms with Gasteiger partial charge in [0.05, 0.1) is 6.04 Å². The van der Waals surface area contributed by atoms with Crippen molar-refractivity contribution in [3.8, 4) is 6.19 Å². The lowest BCUT2D eigenvalue weighted by atomic mass is 10.7. The van der Waals surface area contributed by atoms with Gasteiger partial charge in [0.2, 0.25) is 6.19 Å². The Labute approximate surface area is 58.5 Å². The van der Waals surface area contributed by atoms with E-state index in [1.807, 2.05) is 6.19 Å². The van der Waals surface area contributed by atoms with Gasteiger partial charge in [-0.3, -0.25) is 0 Å². The van der Waals surface area contributed by atoms with Gasteiger partial charge >= 0.3 is 0 Å². The lowest BCUT2D eigenvalue weighted by molar-refractivity contribution is 0.409. The molecule has 0 amide bonds. The average molecular weight is 144 g/mol. The summed E-state index contributed by atoms with van der Waals surface area (Å²) in [7, 11) is 0. The molecule has 1 aliphatic carbocycles. The van der Waals surface area contributed by atoms with E-state index in [1.165, 1.54) is 5.01 Å². The number of hydrogen-bond acceptors (Lipinski definition) is 3. The van der Waals surface area contributed by atoms with Crippen LogP contribution in [0.1, 0.15) is 12.8 Å². The Morgan fingerprint density at radius 1 is 1.78 bits per heavy atom. The summed E-state index contributed by atoms with van der Waals surface area (Å²) in [5.74, 6) is 0. The van der Waals surface area contributed by atoms with Crippen molar-refractivity contribution in [2.24, 2.45) is 5.10 Å². The molecular formula is C5H6ClN3. The first-order valence-electron chi connectivity index (χ1n) is 2.70. The maximum Gasteiger partial charge on any atom is 0.202 e. The molecule has 3 nitrogen and oxygen atoms in total. The van der Waals surface area contributed by atoms with Crippen LogP contribution in [0.5, 0.6) is 0 Å². The summed E-state index contributed by atoms with van der Waals surface area (Å²) in [6, 6.07) is 0.324. The average Bonchev–Trinajstić information content (AvgIpc) is 2.64. The van der Waals surface area contributed by atoms with Crippen molar-refractivity contribution < 1.29 is 0 Å². The molecular weight excluding hydrogens is 138 g/mol. The lowest BCUT2D eigenvalue weighted by Crippen LogP contribution is -2.11. The van der Waals surface area contributed by atoms with E-state index in [9.17, 15) is 0 Å². The molecule has 4 heteroatoms. The normalized spacial score (nSPS) is 17.8. The van der Waals surface area contributed by atoms with Crippen molar-refractivity contribution >= 4 is 17.3 Å². The molecule has 1 saturated carbocycles. The van der Waals surface area contributed by atoms with Crippen molar-refractivity contribution in [3.05, 3.63) is 0 Å². The SMILES string of the molecule is N#CN(/N=C/Cl)C1CC1. The van der Waals surface area contributed by atoms with Gasteiger partial charge in [-0.05, 0) is 12.8 Å². The molecule has 0 heterocycles. The monoisotopic (exact) mass is 143 g/mol. The van der Waals surface area contributed by atoms with E-state index in [2.05, 4.69) is 5.10 Å². The quantitative estimate of drug-likeness (QED) is 0.252. The fourth-order valence-electron chi connectivity index (χ4n) is 0.568. The van der Waals surface area contributed by atoms with Crippen LogP contribution in [-0.4, -0.2) is 16.7 Å². The molecule has 0 bridgehead atoms. The van der Waals surface area contributed by atoms with E-state index in [0.717, 1.165) is 18.5 Å². The van der Waals surface area contributed by atoms with Crippen LogP contribution < -0.4 is 0 Å². The van der Waals surface area contributed by atoms with Crippen LogP contribution in [0, 0.1) is 11.5 Å². The predicted octanol–water partition coefficient (Wildman–Crippen LogP) is 1.11. The highest BCUT2D eigenvalue weighted by Crippen LogP contribution is 2.25. The fourth-order valence-corrected chi connectivity index (χ4v) is 0.662. The molecule has 0 aromatic heterocycles. The number of nitrogens with zero attached hydrogens (tertiary/aromatic N) is 3. The summed E-state index contributed by atoms with van der Waals surface area (Å²) in [5.41, 5.74) is 1.11. The van der Waals surface area contributed by atoms with Gasteiger partial charge in [0.25, 0.3) is 0 Å². The zero-order chi connectivity index (χ0) is 6.69. The molecule has 0 aromatic rings. The van der Waals surface area contributed by atoms with Gasteiger partial charge in [-0.1, -0.05) is 11.6 Å². The summed E-state index contributed by atoms with van der Waals surface area (Å²) in [6.07, 6.45) is 4.03. The third-order valence-electron chi connectivity index (χ3n) is 1.16. The zero-order valence-corrected chi connectivity index (χ0v) is 5.54. The first-order valence-corrected chi connectivity index (χ1v) is 3.13. The van der Waals surface area contributed by atoms with E-state index in [-0.39, 0.29) is 0 Å². The Balaban J connectivity index is 2.40.